The molecular formula is C6H13N3S. The van der Waals surface area contributed by atoms with Gasteiger partial charge in [0.1, 0.15) is 0 Å². The van der Waals surface area contributed by atoms with Crippen LogP contribution in [0.25, 0.3) is 10.4 Å². The fraction of sp³-hybridized carbons (Fsp3) is 1.00. The highest BCUT2D eigenvalue weighted by Gasteiger charge is 1.91. The van der Waals surface area contributed by atoms with Crippen molar-refractivity contribution in [3.05, 3.63) is 10.4 Å². The first-order chi connectivity index (χ1) is 4.77. The van der Waals surface area contributed by atoms with E-state index in [0.29, 0.717) is 11.8 Å². The summed E-state index contributed by atoms with van der Waals surface area (Å²) in [4.78, 5) is 2.67. The van der Waals surface area contributed by atoms with E-state index in [1.54, 1.807) is 0 Å². The van der Waals surface area contributed by atoms with Crippen molar-refractivity contribution in [1.82, 2.24) is 0 Å². The van der Waals surface area contributed by atoms with E-state index < -0.39 is 0 Å². The van der Waals surface area contributed by atoms with Gasteiger partial charge in [-0.2, -0.15) is 11.8 Å². The third kappa shape index (κ3) is 7.66. The van der Waals surface area contributed by atoms with Crippen molar-refractivity contribution in [3.63, 3.8) is 0 Å². The Morgan fingerprint density at radius 1 is 1.60 bits per heavy atom. The molecule has 0 saturated carbocycles. The predicted molar refractivity (Wildman–Crippen MR) is 46.2 cm³/mol. The van der Waals surface area contributed by atoms with E-state index in [9.17, 15) is 0 Å². The average Bonchev–Trinajstić information content (AvgIpc) is 1.87. The molecule has 0 heterocycles. The van der Waals surface area contributed by atoms with E-state index in [4.69, 9.17) is 5.53 Å². The normalized spacial score (nSPS) is 9.50. The summed E-state index contributed by atoms with van der Waals surface area (Å²) in [7, 11) is 0. The van der Waals surface area contributed by atoms with Gasteiger partial charge in [0.2, 0.25) is 0 Å². The van der Waals surface area contributed by atoms with Crippen LogP contribution < -0.4 is 0 Å². The molecule has 0 aliphatic heterocycles. The Balaban J connectivity index is 2.98. The van der Waals surface area contributed by atoms with E-state index >= 15 is 0 Å². The molecule has 58 valence electrons. The van der Waals surface area contributed by atoms with Crippen LogP contribution in [-0.2, 0) is 0 Å². The molecule has 0 aliphatic rings. The third-order valence-electron chi connectivity index (χ3n) is 0.917. The first-order valence-corrected chi connectivity index (χ1v) is 4.44. The predicted octanol–water partition coefficient (Wildman–Crippen LogP) is 2.83. The van der Waals surface area contributed by atoms with Crippen molar-refractivity contribution >= 4 is 11.8 Å². The van der Waals surface area contributed by atoms with Gasteiger partial charge in [0, 0.05) is 11.5 Å². The van der Waals surface area contributed by atoms with Gasteiger partial charge in [-0.3, -0.25) is 0 Å². The summed E-state index contributed by atoms with van der Waals surface area (Å²) in [5, 5.41) is 4.12. The summed E-state index contributed by atoms with van der Waals surface area (Å²) in [6, 6.07) is 0. The molecule has 0 aromatic rings. The third-order valence-corrected chi connectivity index (χ3v) is 2.11. The monoisotopic (exact) mass is 159 g/mol. The van der Waals surface area contributed by atoms with Crippen LogP contribution in [-0.4, -0.2) is 17.5 Å². The Kier molecular flexibility index (Phi) is 6.55. The van der Waals surface area contributed by atoms with Gasteiger partial charge in [0.05, 0.1) is 0 Å². The lowest BCUT2D eigenvalue weighted by molar-refractivity contribution is 0.927. The highest BCUT2D eigenvalue weighted by Crippen LogP contribution is 2.09. The second-order valence-electron chi connectivity index (χ2n) is 2.23. The zero-order chi connectivity index (χ0) is 7.82. The molecular weight excluding hydrogens is 146 g/mol. The summed E-state index contributed by atoms with van der Waals surface area (Å²) in [6.07, 6.45) is 0.993. The number of hydrogen-bond acceptors (Lipinski definition) is 2. The van der Waals surface area contributed by atoms with Crippen LogP contribution in [0.5, 0.6) is 0 Å². The van der Waals surface area contributed by atoms with Gasteiger partial charge in [0.25, 0.3) is 0 Å². The lowest BCUT2D eigenvalue weighted by Gasteiger charge is -2.01. The molecule has 0 spiro atoms. The van der Waals surface area contributed by atoms with Gasteiger partial charge in [-0.25, -0.2) is 0 Å². The molecule has 3 nitrogen and oxygen atoms in total. The maximum Gasteiger partial charge on any atom is 0.0265 e. The smallest absolute Gasteiger partial charge is 0.0265 e. The highest BCUT2D eigenvalue weighted by molar-refractivity contribution is 7.99. The minimum atomic E-state index is 0.635. The minimum absolute atomic E-state index is 0.635. The maximum atomic E-state index is 7.93. The molecule has 0 amide bonds. The summed E-state index contributed by atoms with van der Waals surface area (Å²) < 4.78 is 0. The zero-order valence-corrected chi connectivity index (χ0v) is 7.27. The topological polar surface area (TPSA) is 48.8 Å². The minimum Gasteiger partial charge on any atom is -0.159 e. The van der Waals surface area contributed by atoms with Gasteiger partial charge >= 0.3 is 0 Å². The van der Waals surface area contributed by atoms with Crippen LogP contribution in [0.1, 0.15) is 20.3 Å². The SMILES string of the molecule is CC(C)SCCCN=[N+]=[N-]. The van der Waals surface area contributed by atoms with Gasteiger partial charge in [0.15, 0.2) is 0 Å². The van der Waals surface area contributed by atoms with Gasteiger partial charge in [-0.15, -0.1) is 0 Å². The molecule has 0 bridgehead atoms. The van der Waals surface area contributed by atoms with Crippen molar-refractivity contribution < 1.29 is 0 Å². The van der Waals surface area contributed by atoms with Crippen molar-refractivity contribution in [3.8, 4) is 0 Å². The average molecular weight is 159 g/mol. The van der Waals surface area contributed by atoms with Crippen LogP contribution in [0.2, 0.25) is 0 Å². The fourth-order valence-electron chi connectivity index (χ4n) is 0.499. The number of rotatable bonds is 5. The first kappa shape index (κ1) is 9.66. The van der Waals surface area contributed by atoms with E-state index in [0.717, 1.165) is 12.2 Å². The van der Waals surface area contributed by atoms with Gasteiger partial charge < -0.3 is 0 Å². The summed E-state index contributed by atoms with van der Waals surface area (Å²) in [5.74, 6) is 1.09. The van der Waals surface area contributed by atoms with Crippen molar-refractivity contribution in [2.45, 2.75) is 25.5 Å². The molecule has 0 atom stereocenters. The molecule has 0 aliphatic carbocycles. The molecule has 10 heavy (non-hydrogen) atoms. The van der Waals surface area contributed by atoms with Crippen molar-refractivity contribution in [1.29, 1.82) is 0 Å². The Labute approximate surface area is 65.8 Å². The Hall–Kier alpha value is -0.340. The molecule has 0 aromatic heterocycles. The highest BCUT2D eigenvalue weighted by atomic mass is 32.2. The molecule has 0 aromatic carbocycles. The fourth-order valence-corrected chi connectivity index (χ4v) is 1.27. The molecule has 4 heteroatoms. The van der Waals surface area contributed by atoms with E-state index in [1.807, 2.05) is 11.8 Å². The molecule has 0 saturated heterocycles. The summed E-state index contributed by atoms with van der Waals surface area (Å²) in [5.41, 5.74) is 7.93. The maximum absolute atomic E-state index is 7.93. The lowest BCUT2D eigenvalue weighted by atomic mass is 10.5. The van der Waals surface area contributed by atoms with E-state index in [2.05, 4.69) is 23.9 Å². The number of hydrogen-bond donors (Lipinski definition) is 0. The largest absolute Gasteiger partial charge is 0.159 e. The molecule has 0 rings (SSSR count). The summed E-state index contributed by atoms with van der Waals surface area (Å²) >= 11 is 1.90. The van der Waals surface area contributed by atoms with Crippen LogP contribution in [0.15, 0.2) is 5.11 Å². The Morgan fingerprint density at radius 3 is 2.80 bits per heavy atom. The quantitative estimate of drug-likeness (QED) is 0.263. The van der Waals surface area contributed by atoms with Gasteiger partial charge in [-0.05, 0) is 23.0 Å². The van der Waals surface area contributed by atoms with E-state index in [-0.39, 0.29) is 0 Å². The zero-order valence-electron chi connectivity index (χ0n) is 6.45. The summed E-state index contributed by atoms with van der Waals surface area (Å²) in [6.45, 7) is 4.96. The molecule has 0 radical (unpaired) electrons. The van der Waals surface area contributed by atoms with Crippen LogP contribution in [0, 0.1) is 0 Å². The second-order valence-corrected chi connectivity index (χ2v) is 3.91. The van der Waals surface area contributed by atoms with Crippen LogP contribution in [0.4, 0.5) is 0 Å². The number of thioether (sulfide) groups is 1. The Bertz CT molecular complexity index is 118. The molecule has 0 fully saturated rings. The second kappa shape index (κ2) is 6.78. The van der Waals surface area contributed by atoms with Crippen LogP contribution in [0.3, 0.4) is 0 Å². The lowest BCUT2D eigenvalue weighted by Crippen LogP contribution is -1.90. The van der Waals surface area contributed by atoms with Crippen molar-refractivity contribution in [2.75, 3.05) is 12.3 Å². The standard InChI is InChI=1S/C6H13N3S/c1-6(2)10-5-3-4-8-9-7/h6H,3-5H2,1-2H3. The number of azide groups is 1. The van der Waals surface area contributed by atoms with Crippen molar-refractivity contribution in [2.24, 2.45) is 5.11 Å². The van der Waals surface area contributed by atoms with E-state index in [1.165, 1.54) is 0 Å². The van der Waals surface area contributed by atoms with Gasteiger partial charge in [-0.1, -0.05) is 19.0 Å². The molecule has 0 unspecified atom stereocenters. The van der Waals surface area contributed by atoms with Crippen LogP contribution >= 0.6 is 11.8 Å². The number of nitrogens with zero attached hydrogens (tertiary/aromatic N) is 3. The molecule has 0 N–H and O–H groups in total. The Morgan fingerprint density at radius 2 is 2.30 bits per heavy atom. The first-order valence-electron chi connectivity index (χ1n) is 3.40.